The molecule has 1 aliphatic carbocycles. The molecule has 2 atom stereocenters. The lowest BCUT2D eigenvalue weighted by Crippen LogP contribution is -2.47. The first-order valence-electron chi connectivity index (χ1n) is 6.63. The minimum Gasteiger partial charge on any atom is -0.444 e. The number of carbonyl (C=O) groups is 1. The molecule has 0 bridgehead atoms. The van der Waals surface area contributed by atoms with E-state index in [-0.39, 0.29) is 23.0 Å². The van der Waals surface area contributed by atoms with Crippen LogP contribution in [0.5, 0.6) is 0 Å². The first-order valence-corrected chi connectivity index (χ1v) is 6.63. The van der Waals surface area contributed by atoms with Gasteiger partial charge in [-0.05, 0) is 39.5 Å². The molecule has 0 aliphatic heterocycles. The number of ether oxygens (including phenoxy) is 1. The highest BCUT2D eigenvalue weighted by atomic mass is 16.6. The molecule has 4 nitrogen and oxygen atoms in total. The molecule has 4 heteroatoms. The highest BCUT2D eigenvalue weighted by molar-refractivity contribution is 5.68. The van der Waals surface area contributed by atoms with Crippen molar-refractivity contribution >= 4 is 6.09 Å². The topological polar surface area (TPSA) is 55.6 Å². The van der Waals surface area contributed by atoms with Gasteiger partial charge in [-0.3, -0.25) is 0 Å². The maximum atomic E-state index is 12.1. The smallest absolute Gasteiger partial charge is 0.410 e. The van der Waals surface area contributed by atoms with Crippen molar-refractivity contribution in [2.45, 2.75) is 59.6 Å². The Morgan fingerprint density at radius 2 is 1.89 bits per heavy atom. The fraction of sp³-hybridized carbons (Fsp3) is 0.929. The van der Waals surface area contributed by atoms with Gasteiger partial charge in [0.15, 0.2) is 0 Å². The van der Waals surface area contributed by atoms with E-state index < -0.39 is 5.60 Å². The molecule has 1 saturated carbocycles. The van der Waals surface area contributed by atoms with Gasteiger partial charge in [-0.15, -0.1) is 0 Å². The predicted molar refractivity (Wildman–Crippen MR) is 73.3 cm³/mol. The van der Waals surface area contributed by atoms with Crippen LogP contribution in [0.1, 0.15) is 48.0 Å². The fourth-order valence-corrected chi connectivity index (χ4v) is 2.84. The molecule has 106 valence electrons. The van der Waals surface area contributed by atoms with E-state index >= 15 is 0 Å². The molecule has 0 radical (unpaired) electrons. The molecule has 0 heterocycles. The van der Waals surface area contributed by atoms with Crippen LogP contribution in [-0.2, 0) is 4.74 Å². The predicted octanol–water partition coefficient (Wildman–Crippen LogP) is 2.62. The Morgan fingerprint density at radius 3 is 2.17 bits per heavy atom. The average Bonchev–Trinajstić information content (AvgIpc) is 2.77. The van der Waals surface area contributed by atoms with E-state index in [2.05, 4.69) is 20.8 Å². The minimum atomic E-state index is -0.458. The molecular formula is C14H28N2O2. The molecule has 0 aromatic heterocycles. The third-order valence-electron chi connectivity index (χ3n) is 4.41. The van der Waals surface area contributed by atoms with Gasteiger partial charge in [0, 0.05) is 25.0 Å². The second kappa shape index (κ2) is 4.41. The molecule has 1 rings (SSSR count). The monoisotopic (exact) mass is 256 g/mol. The number of carbonyl (C=O) groups excluding carboxylic acids is 1. The van der Waals surface area contributed by atoms with Crippen LogP contribution in [-0.4, -0.2) is 36.2 Å². The number of hydrogen-bond donors (Lipinski definition) is 1. The van der Waals surface area contributed by atoms with E-state index in [0.29, 0.717) is 6.54 Å². The SMILES string of the molecule is CC(N(C)C(=O)OC(C)(C)C)C1(CN)CC1(C)C. The highest BCUT2D eigenvalue weighted by Gasteiger charge is 2.64. The van der Waals surface area contributed by atoms with E-state index in [1.807, 2.05) is 20.8 Å². The zero-order valence-electron chi connectivity index (χ0n) is 12.8. The average molecular weight is 256 g/mol. The molecule has 0 spiro atoms. The van der Waals surface area contributed by atoms with Gasteiger partial charge >= 0.3 is 6.09 Å². The van der Waals surface area contributed by atoms with Gasteiger partial charge in [0.25, 0.3) is 0 Å². The quantitative estimate of drug-likeness (QED) is 0.844. The molecule has 0 aromatic rings. The summed E-state index contributed by atoms with van der Waals surface area (Å²) in [5.41, 5.74) is 5.71. The summed E-state index contributed by atoms with van der Waals surface area (Å²) in [6.07, 6.45) is 0.788. The summed E-state index contributed by atoms with van der Waals surface area (Å²) in [6, 6.07) is 0.0901. The van der Waals surface area contributed by atoms with Crippen LogP contribution in [0.2, 0.25) is 0 Å². The largest absolute Gasteiger partial charge is 0.444 e. The van der Waals surface area contributed by atoms with Crippen molar-refractivity contribution in [3.05, 3.63) is 0 Å². The van der Waals surface area contributed by atoms with E-state index in [1.54, 1.807) is 11.9 Å². The van der Waals surface area contributed by atoms with Gasteiger partial charge in [0.2, 0.25) is 0 Å². The third kappa shape index (κ3) is 2.63. The summed E-state index contributed by atoms with van der Waals surface area (Å²) in [7, 11) is 1.80. The summed E-state index contributed by atoms with van der Waals surface area (Å²) < 4.78 is 5.40. The molecule has 0 saturated heterocycles. The van der Waals surface area contributed by atoms with Crippen LogP contribution in [0.25, 0.3) is 0 Å². The molecule has 0 aromatic carbocycles. The van der Waals surface area contributed by atoms with Gasteiger partial charge in [-0.25, -0.2) is 4.79 Å². The van der Waals surface area contributed by atoms with Crippen molar-refractivity contribution in [3.8, 4) is 0 Å². The van der Waals surface area contributed by atoms with Crippen molar-refractivity contribution in [2.24, 2.45) is 16.6 Å². The van der Waals surface area contributed by atoms with Crippen molar-refractivity contribution in [3.63, 3.8) is 0 Å². The summed E-state index contributed by atoms with van der Waals surface area (Å²) in [5, 5.41) is 0. The Labute approximate surface area is 111 Å². The molecule has 1 aliphatic rings. The standard InChI is InChI=1S/C14H28N2O2/c1-10(14(9-15)8-13(14,5)6)16(7)11(17)18-12(2,3)4/h10H,8-9,15H2,1-7H3. The Hall–Kier alpha value is -0.770. The van der Waals surface area contributed by atoms with Crippen LogP contribution in [0.15, 0.2) is 0 Å². The first-order chi connectivity index (χ1) is 7.97. The van der Waals surface area contributed by atoms with E-state index in [1.165, 1.54) is 0 Å². The molecule has 1 fully saturated rings. The van der Waals surface area contributed by atoms with Gasteiger partial charge in [0.05, 0.1) is 0 Å². The summed E-state index contributed by atoms with van der Waals surface area (Å²) in [4.78, 5) is 13.8. The maximum absolute atomic E-state index is 12.1. The van der Waals surface area contributed by atoms with E-state index in [9.17, 15) is 4.79 Å². The Balaban J connectivity index is 2.73. The van der Waals surface area contributed by atoms with Crippen LogP contribution >= 0.6 is 0 Å². The van der Waals surface area contributed by atoms with Crippen LogP contribution < -0.4 is 5.73 Å². The van der Waals surface area contributed by atoms with Crippen LogP contribution in [0, 0.1) is 10.8 Å². The van der Waals surface area contributed by atoms with Gasteiger partial charge < -0.3 is 15.4 Å². The minimum absolute atomic E-state index is 0.0264. The third-order valence-corrected chi connectivity index (χ3v) is 4.41. The molecule has 2 N–H and O–H groups in total. The Kier molecular flexibility index (Phi) is 3.74. The molecule has 2 unspecified atom stereocenters. The summed E-state index contributed by atoms with van der Waals surface area (Å²) >= 11 is 0. The van der Waals surface area contributed by atoms with Gasteiger partial charge in [0.1, 0.15) is 5.60 Å². The number of hydrogen-bond acceptors (Lipinski definition) is 3. The van der Waals surface area contributed by atoms with Crippen molar-refractivity contribution in [1.82, 2.24) is 4.90 Å². The Bertz CT molecular complexity index is 333. The van der Waals surface area contributed by atoms with Gasteiger partial charge in [-0.1, -0.05) is 13.8 Å². The second-order valence-corrected chi connectivity index (χ2v) is 7.19. The van der Waals surface area contributed by atoms with Gasteiger partial charge in [-0.2, -0.15) is 0 Å². The van der Waals surface area contributed by atoms with Crippen molar-refractivity contribution in [1.29, 1.82) is 0 Å². The zero-order chi connectivity index (χ0) is 14.4. The summed E-state index contributed by atoms with van der Waals surface area (Å²) in [5.74, 6) is 0. The zero-order valence-corrected chi connectivity index (χ0v) is 12.8. The lowest BCUT2D eigenvalue weighted by molar-refractivity contribution is 0.0148. The molecular weight excluding hydrogens is 228 g/mol. The lowest BCUT2D eigenvalue weighted by atomic mass is 9.88. The molecule has 1 amide bonds. The summed E-state index contributed by atoms with van der Waals surface area (Å²) in [6.45, 7) is 12.7. The Morgan fingerprint density at radius 1 is 1.44 bits per heavy atom. The van der Waals surface area contributed by atoms with Crippen LogP contribution in [0.3, 0.4) is 0 Å². The molecule has 18 heavy (non-hydrogen) atoms. The maximum Gasteiger partial charge on any atom is 0.410 e. The normalized spacial score (nSPS) is 27.6. The number of nitrogens with two attached hydrogens (primary N) is 1. The van der Waals surface area contributed by atoms with Crippen molar-refractivity contribution < 1.29 is 9.53 Å². The van der Waals surface area contributed by atoms with Crippen LogP contribution in [0.4, 0.5) is 4.79 Å². The first kappa shape index (κ1) is 15.3. The van der Waals surface area contributed by atoms with E-state index in [0.717, 1.165) is 6.42 Å². The highest BCUT2D eigenvalue weighted by Crippen LogP contribution is 2.65. The van der Waals surface area contributed by atoms with E-state index in [4.69, 9.17) is 10.5 Å². The van der Waals surface area contributed by atoms with Crippen molar-refractivity contribution in [2.75, 3.05) is 13.6 Å². The second-order valence-electron chi connectivity index (χ2n) is 7.19. The number of rotatable bonds is 3. The number of amides is 1. The fourth-order valence-electron chi connectivity index (χ4n) is 2.84. The lowest BCUT2D eigenvalue weighted by Gasteiger charge is -2.35. The number of nitrogens with zero attached hydrogens (tertiary/aromatic N) is 1.